The quantitative estimate of drug-likeness (QED) is 0.901. The maximum Gasteiger partial charge on any atom is 0.261 e. The summed E-state index contributed by atoms with van der Waals surface area (Å²) in [5.74, 6) is 0. The molecule has 0 atom stereocenters. The molecule has 4 nitrogen and oxygen atoms in total. The fourth-order valence-electron chi connectivity index (χ4n) is 1.79. The smallest absolute Gasteiger partial charge is 0.261 e. The molecule has 0 saturated carbocycles. The van der Waals surface area contributed by atoms with E-state index in [1.165, 1.54) is 12.1 Å². The van der Waals surface area contributed by atoms with E-state index in [0.29, 0.717) is 11.3 Å². The second-order valence-electron chi connectivity index (χ2n) is 4.66. The van der Waals surface area contributed by atoms with Gasteiger partial charge in [-0.2, -0.15) is 5.26 Å². The molecule has 0 unspecified atom stereocenters. The van der Waals surface area contributed by atoms with Crippen LogP contribution in [0.3, 0.4) is 0 Å². The standard InChI is InChI=1S/C15H13BrN2O2S/c1-10-3-4-12(9-17)8-15(10)18-21(19,20)13-5-6-14(16)11(2)7-13/h3-8,18H,1-2H3. The van der Waals surface area contributed by atoms with E-state index >= 15 is 0 Å². The van der Waals surface area contributed by atoms with Crippen molar-refractivity contribution < 1.29 is 8.42 Å². The lowest BCUT2D eigenvalue weighted by molar-refractivity contribution is 0.601. The largest absolute Gasteiger partial charge is 0.279 e. The van der Waals surface area contributed by atoms with E-state index in [1.54, 1.807) is 31.2 Å². The zero-order chi connectivity index (χ0) is 15.6. The summed E-state index contributed by atoms with van der Waals surface area (Å²) in [7, 11) is -3.68. The Hall–Kier alpha value is -1.84. The van der Waals surface area contributed by atoms with Crippen molar-refractivity contribution in [2.75, 3.05) is 4.72 Å². The highest BCUT2D eigenvalue weighted by atomic mass is 79.9. The first kappa shape index (κ1) is 15.5. The lowest BCUT2D eigenvalue weighted by Gasteiger charge is -2.11. The van der Waals surface area contributed by atoms with Gasteiger partial charge < -0.3 is 0 Å². The minimum atomic E-state index is -3.68. The Balaban J connectivity index is 2.42. The predicted octanol–water partition coefficient (Wildman–Crippen LogP) is 3.74. The topological polar surface area (TPSA) is 70.0 Å². The van der Waals surface area contributed by atoms with Gasteiger partial charge in [-0.05, 0) is 55.3 Å². The first-order valence-corrected chi connectivity index (χ1v) is 8.41. The number of benzene rings is 2. The van der Waals surface area contributed by atoms with Gasteiger partial charge in [0, 0.05) is 4.47 Å². The van der Waals surface area contributed by atoms with Gasteiger partial charge >= 0.3 is 0 Å². The number of nitrogens with one attached hydrogen (secondary N) is 1. The molecule has 0 saturated heterocycles. The average molecular weight is 365 g/mol. The fraction of sp³-hybridized carbons (Fsp3) is 0.133. The van der Waals surface area contributed by atoms with Gasteiger partial charge in [0.2, 0.25) is 0 Å². The number of nitriles is 1. The number of aryl methyl sites for hydroxylation is 2. The van der Waals surface area contributed by atoms with Crippen LogP contribution in [-0.2, 0) is 10.0 Å². The molecule has 21 heavy (non-hydrogen) atoms. The maximum atomic E-state index is 12.4. The Morgan fingerprint density at radius 1 is 1.10 bits per heavy atom. The number of hydrogen-bond donors (Lipinski definition) is 1. The predicted molar refractivity (Wildman–Crippen MR) is 85.6 cm³/mol. The second-order valence-corrected chi connectivity index (χ2v) is 7.19. The molecule has 0 amide bonds. The first-order chi connectivity index (χ1) is 9.83. The molecule has 2 aromatic rings. The van der Waals surface area contributed by atoms with Crippen molar-refractivity contribution in [2.45, 2.75) is 18.7 Å². The molecule has 2 rings (SSSR count). The van der Waals surface area contributed by atoms with Gasteiger partial charge in [-0.1, -0.05) is 22.0 Å². The maximum absolute atomic E-state index is 12.4. The van der Waals surface area contributed by atoms with Crippen molar-refractivity contribution in [3.63, 3.8) is 0 Å². The minimum Gasteiger partial charge on any atom is -0.279 e. The number of nitrogens with zero attached hydrogens (tertiary/aromatic N) is 1. The zero-order valence-electron chi connectivity index (χ0n) is 11.5. The van der Waals surface area contributed by atoms with Crippen LogP contribution in [0.4, 0.5) is 5.69 Å². The van der Waals surface area contributed by atoms with Gasteiger partial charge in [0.1, 0.15) is 0 Å². The Morgan fingerprint density at radius 2 is 1.81 bits per heavy atom. The Morgan fingerprint density at radius 3 is 2.43 bits per heavy atom. The average Bonchev–Trinajstić information content (AvgIpc) is 2.44. The van der Waals surface area contributed by atoms with Gasteiger partial charge in [0.25, 0.3) is 10.0 Å². The van der Waals surface area contributed by atoms with Crippen LogP contribution >= 0.6 is 15.9 Å². The van der Waals surface area contributed by atoms with E-state index in [2.05, 4.69) is 20.7 Å². The van der Waals surface area contributed by atoms with Crippen LogP contribution < -0.4 is 4.72 Å². The van der Waals surface area contributed by atoms with Gasteiger partial charge in [-0.15, -0.1) is 0 Å². The van der Waals surface area contributed by atoms with Crippen LogP contribution in [-0.4, -0.2) is 8.42 Å². The molecule has 0 aromatic heterocycles. The van der Waals surface area contributed by atoms with Gasteiger partial charge in [-0.25, -0.2) is 8.42 Å². The highest BCUT2D eigenvalue weighted by molar-refractivity contribution is 9.10. The molecule has 0 radical (unpaired) electrons. The van der Waals surface area contributed by atoms with Crippen molar-refractivity contribution in [1.29, 1.82) is 5.26 Å². The number of halogens is 1. The van der Waals surface area contributed by atoms with Crippen LogP contribution in [0.2, 0.25) is 0 Å². The molecular weight excluding hydrogens is 352 g/mol. The molecule has 0 aliphatic heterocycles. The summed E-state index contributed by atoms with van der Waals surface area (Å²) < 4.78 is 28.2. The van der Waals surface area contributed by atoms with Gasteiger partial charge in [0.05, 0.1) is 22.2 Å². The molecular formula is C15H13BrN2O2S. The number of rotatable bonds is 3. The molecule has 0 aliphatic rings. The lowest BCUT2D eigenvalue weighted by atomic mass is 10.1. The van der Waals surface area contributed by atoms with Crippen molar-refractivity contribution in [3.05, 3.63) is 57.6 Å². The number of sulfonamides is 1. The number of anilines is 1. The van der Waals surface area contributed by atoms with Crippen LogP contribution in [0.5, 0.6) is 0 Å². The third kappa shape index (κ3) is 3.43. The van der Waals surface area contributed by atoms with Crippen molar-refractivity contribution in [2.24, 2.45) is 0 Å². The van der Waals surface area contributed by atoms with Gasteiger partial charge in [0.15, 0.2) is 0 Å². The molecule has 0 heterocycles. The highest BCUT2D eigenvalue weighted by Crippen LogP contribution is 2.24. The SMILES string of the molecule is Cc1cc(S(=O)(=O)Nc2cc(C#N)ccc2C)ccc1Br. The summed E-state index contributed by atoms with van der Waals surface area (Å²) in [6.07, 6.45) is 0. The van der Waals surface area contributed by atoms with Crippen LogP contribution in [0.25, 0.3) is 0 Å². The molecule has 0 fully saturated rings. The Labute approximate surface area is 132 Å². The molecule has 0 spiro atoms. The van der Waals surface area contributed by atoms with E-state index in [0.717, 1.165) is 15.6 Å². The third-order valence-corrected chi connectivity index (χ3v) is 5.30. The van der Waals surface area contributed by atoms with Gasteiger partial charge in [-0.3, -0.25) is 4.72 Å². The summed E-state index contributed by atoms with van der Waals surface area (Å²) >= 11 is 3.34. The van der Waals surface area contributed by atoms with E-state index in [-0.39, 0.29) is 4.90 Å². The van der Waals surface area contributed by atoms with E-state index in [4.69, 9.17) is 5.26 Å². The van der Waals surface area contributed by atoms with Crippen molar-refractivity contribution in [3.8, 4) is 6.07 Å². The molecule has 2 aromatic carbocycles. The molecule has 1 N–H and O–H groups in total. The summed E-state index contributed by atoms with van der Waals surface area (Å²) in [6, 6.07) is 11.7. The first-order valence-electron chi connectivity index (χ1n) is 6.13. The normalized spacial score (nSPS) is 11.0. The summed E-state index contributed by atoms with van der Waals surface area (Å²) in [6.45, 7) is 3.61. The minimum absolute atomic E-state index is 0.185. The summed E-state index contributed by atoms with van der Waals surface area (Å²) in [4.78, 5) is 0.185. The monoisotopic (exact) mass is 364 g/mol. The van der Waals surface area contributed by atoms with Crippen LogP contribution in [0, 0.1) is 25.2 Å². The Kier molecular flexibility index (Phi) is 4.35. The lowest BCUT2D eigenvalue weighted by Crippen LogP contribution is -2.14. The van der Waals surface area contributed by atoms with Crippen LogP contribution in [0.15, 0.2) is 45.8 Å². The van der Waals surface area contributed by atoms with E-state index in [9.17, 15) is 8.42 Å². The summed E-state index contributed by atoms with van der Waals surface area (Å²) in [5, 5.41) is 8.90. The molecule has 108 valence electrons. The Bertz CT molecular complexity index is 839. The zero-order valence-corrected chi connectivity index (χ0v) is 13.9. The fourth-order valence-corrected chi connectivity index (χ4v) is 3.24. The number of hydrogen-bond acceptors (Lipinski definition) is 3. The van der Waals surface area contributed by atoms with E-state index in [1.807, 2.05) is 13.0 Å². The third-order valence-electron chi connectivity index (χ3n) is 3.05. The van der Waals surface area contributed by atoms with Crippen molar-refractivity contribution in [1.82, 2.24) is 0 Å². The van der Waals surface area contributed by atoms with Crippen LogP contribution in [0.1, 0.15) is 16.7 Å². The molecule has 0 aliphatic carbocycles. The van der Waals surface area contributed by atoms with Crippen molar-refractivity contribution >= 4 is 31.6 Å². The molecule has 6 heteroatoms. The molecule has 0 bridgehead atoms. The summed E-state index contributed by atoms with van der Waals surface area (Å²) in [5.41, 5.74) is 2.41. The van der Waals surface area contributed by atoms with E-state index < -0.39 is 10.0 Å². The second kappa shape index (κ2) is 5.88. The highest BCUT2D eigenvalue weighted by Gasteiger charge is 2.16.